The zero-order chi connectivity index (χ0) is 20.6. The largest absolute Gasteiger partial charge is 0.369 e. The minimum Gasteiger partial charge on any atom is -0.369 e. The van der Waals surface area contributed by atoms with Crippen LogP contribution >= 0.6 is 0 Å². The molecule has 146 valence electrons. The van der Waals surface area contributed by atoms with Gasteiger partial charge in [0.2, 0.25) is 0 Å². The normalized spacial score (nSPS) is 25.3. The molecule has 2 atom stereocenters. The molecule has 5 rings (SSSR count). The van der Waals surface area contributed by atoms with Crippen LogP contribution < -0.4 is 5.56 Å². The number of aliphatic hydroxyl groups is 1. The van der Waals surface area contributed by atoms with E-state index < -0.39 is 11.1 Å². The Morgan fingerprint density at radius 3 is 2.48 bits per heavy atom. The summed E-state index contributed by atoms with van der Waals surface area (Å²) in [7, 11) is 0. The predicted octanol–water partition coefficient (Wildman–Crippen LogP) is 3.44. The third-order valence-electron chi connectivity index (χ3n) is 6.84. The molecule has 29 heavy (non-hydrogen) atoms. The zero-order valence-electron chi connectivity index (χ0n) is 16.4. The average Bonchev–Trinajstić information content (AvgIpc) is 3.07. The molecular weight excluding hydrogens is 366 g/mol. The van der Waals surface area contributed by atoms with Gasteiger partial charge in [-0.2, -0.15) is 0 Å². The van der Waals surface area contributed by atoms with Crippen molar-refractivity contribution in [1.82, 2.24) is 4.57 Å². The Balaban J connectivity index is 1.97. The Morgan fingerprint density at radius 1 is 1.07 bits per heavy atom. The Bertz CT molecular complexity index is 1270. The highest BCUT2D eigenvalue weighted by Gasteiger charge is 2.63. The van der Waals surface area contributed by atoms with Crippen molar-refractivity contribution in [1.29, 1.82) is 0 Å². The van der Waals surface area contributed by atoms with E-state index in [1.807, 2.05) is 30.3 Å². The smallest absolute Gasteiger partial charge is 0.261 e. The molecule has 0 amide bonds. The van der Waals surface area contributed by atoms with E-state index in [4.69, 9.17) is 0 Å². The maximum atomic E-state index is 13.5. The van der Waals surface area contributed by atoms with E-state index in [0.29, 0.717) is 28.5 Å². The lowest BCUT2D eigenvalue weighted by atomic mass is 9.79. The summed E-state index contributed by atoms with van der Waals surface area (Å²) in [5.41, 5.74) is 0.0230. The highest BCUT2D eigenvalue weighted by atomic mass is 16.3. The highest BCUT2D eigenvalue weighted by Crippen LogP contribution is 2.55. The van der Waals surface area contributed by atoms with Gasteiger partial charge in [0.05, 0.1) is 5.41 Å². The number of rotatable bonds is 2. The van der Waals surface area contributed by atoms with Gasteiger partial charge in [-0.3, -0.25) is 19.0 Å². The Kier molecular flexibility index (Phi) is 3.56. The number of Topliss-reactive ketones (excluding diaryl/α,β-unsaturated/α-hetero) is 2. The SMILES string of the molecule is CC(=O)c1ccc2c(=O)n3c(c(-c4ccccc4)c2c1)C[C@@]1(C)C(=O)CC[C@@]31O. The predicted molar refractivity (Wildman–Crippen MR) is 110 cm³/mol. The summed E-state index contributed by atoms with van der Waals surface area (Å²) in [6.07, 6.45) is 0.795. The van der Waals surface area contributed by atoms with E-state index in [2.05, 4.69) is 0 Å². The van der Waals surface area contributed by atoms with Crippen molar-refractivity contribution in [3.8, 4) is 11.1 Å². The number of nitrogens with zero attached hydrogens (tertiary/aromatic N) is 1. The van der Waals surface area contributed by atoms with Crippen LogP contribution in [0.5, 0.6) is 0 Å². The lowest BCUT2D eigenvalue weighted by Crippen LogP contribution is -2.47. The van der Waals surface area contributed by atoms with Crippen LogP contribution in [0.15, 0.2) is 53.3 Å². The standard InChI is InChI=1S/C24H21NO4/c1-14(26)16-8-9-17-18(12-16)21(15-6-4-3-5-7-15)19-13-23(2)20(27)10-11-24(23,29)25(19)22(17)28/h3-9,12,29H,10-11,13H2,1-2H3/t23-,24-/m0/s1. The molecule has 1 fully saturated rings. The molecule has 2 heterocycles. The number of pyridine rings is 1. The summed E-state index contributed by atoms with van der Waals surface area (Å²) in [4.78, 5) is 38.2. The molecule has 5 heteroatoms. The quantitative estimate of drug-likeness (QED) is 0.684. The average molecular weight is 387 g/mol. The van der Waals surface area contributed by atoms with Crippen molar-refractivity contribution in [2.45, 2.75) is 38.8 Å². The van der Waals surface area contributed by atoms with E-state index >= 15 is 0 Å². The minimum atomic E-state index is -1.52. The molecule has 1 aromatic heterocycles. The molecule has 1 aliphatic carbocycles. The Hall–Kier alpha value is -3.05. The lowest BCUT2D eigenvalue weighted by molar-refractivity contribution is -0.142. The van der Waals surface area contributed by atoms with Crippen LogP contribution in [-0.4, -0.2) is 21.2 Å². The molecule has 0 radical (unpaired) electrons. The first kappa shape index (κ1) is 18.0. The Labute approximate surface area is 167 Å². The topological polar surface area (TPSA) is 76.4 Å². The molecule has 0 spiro atoms. The molecule has 2 aliphatic rings. The molecular formula is C24H21NO4. The maximum Gasteiger partial charge on any atom is 0.261 e. The van der Waals surface area contributed by atoms with Gasteiger partial charge >= 0.3 is 0 Å². The molecule has 2 aromatic carbocycles. The van der Waals surface area contributed by atoms with Crippen molar-refractivity contribution < 1.29 is 14.7 Å². The molecule has 0 saturated heterocycles. The van der Waals surface area contributed by atoms with Gasteiger partial charge in [-0.05, 0) is 36.9 Å². The van der Waals surface area contributed by atoms with E-state index in [9.17, 15) is 19.5 Å². The van der Waals surface area contributed by atoms with Gasteiger partial charge in [0, 0.05) is 41.5 Å². The fourth-order valence-corrected chi connectivity index (χ4v) is 5.15. The van der Waals surface area contributed by atoms with E-state index in [1.54, 1.807) is 25.1 Å². The second-order valence-corrected chi connectivity index (χ2v) is 8.39. The number of fused-ring (bicyclic) bond motifs is 4. The van der Waals surface area contributed by atoms with Crippen LogP contribution in [-0.2, 0) is 16.9 Å². The van der Waals surface area contributed by atoms with E-state index in [1.165, 1.54) is 11.5 Å². The number of hydrogen-bond donors (Lipinski definition) is 1. The molecule has 1 aliphatic heterocycles. The number of hydrogen-bond acceptors (Lipinski definition) is 4. The van der Waals surface area contributed by atoms with Gasteiger partial charge in [0.1, 0.15) is 5.78 Å². The molecule has 1 saturated carbocycles. The second kappa shape index (κ2) is 5.74. The molecule has 0 bridgehead atoms. The maximum absolute atomic E-state index is 13.5. The van der Waals surface area contributed by atoms with Crippen molar-refractivity contribution in [2.75, 3.05) is 0 Å². The molecule has 1 N–H and O–H groups in total. The van der Waals surface area contributed by atoms with Gasteiger partial charge in [0.25, 0.3) is 5.56 Å². The summed E-state index contributed by atoms with van der Waals surface area (Å²) >= 11 is 0. The van der Waals surface area contributed by atoms with Gasteiger partial charge in [-0.1, -0.05) is 36.4 Å². The Morgan fingerprint density at radius 2 is 1.79 bits per heavy atom. The summed E-state index contributed by atoms with van der Waals surface area (Å²) < 4.78 is 1.45. The first-order valence-electron chi connectivity index (χ1n) is 9.82. The summed E-state index contributed by atoms with van der Waals surface area (Å²) in [6.45, 7) is 3.26. The lowest BCUT2D eigenvalue weighted by Gasteiger charge is -2.32. The molecule has 0 unspecified atom stereocenters. The van der Waals surface area contributed by atoms with Gasteiger partial charge in [-0.25, -0.2) is 0 Å². The number of carbonyl (C=O) groups is 2. The summed E-state index contributed by atoms with van der Waals surface area (Å²) in [5.74, 6) is -0.0975. The van der Waals surface area contributed by atoms with E-state index in [-0.39, 0.29) is 30.0 Å². The van der Waals surface area contributed by atoms with Gasteiger partial charge < -0.3 is 5.11 Å². The first-order chi connectivity index (χ1) is 13.8. The fourth-order valence-electron chi connectivity index (χ4n) is 5.15. The van der Waals surface area contributed by atoms with Crippen molar-refractivity contribution in [3.63, 3.8) is 0 Å². The molecule has 3 aromatic rings. The number of ketones is 2. The highest BCUT2D eigenvalue weighted by molar-refractivity contribution is 6.04. The number of aromatic nitrogens is 1. The van der Waals surface area contributed by atoms with Gasteiger partial charge in [0.15, 0.2) is 11.5 Å². The fraction of sp³-hybridized carbons (Fsp3) is 0.292. The van der Waals surface area contributed by atoms with Crippen LogP contribution in [0.2, 0.25) is 0 Å². The van der Waals surface area contributed by atoms with Crippen molar-refractivity contribution in [3.05, 3.63) is 70.1 Å². The summed E-state index contributed by atoms with van der Waals surface area (Å²) in [5, 5.41) is 12.7. The third-order valence-corrected chi connectivity index (χ3v) is 6.84. The zero-order valence-corrected chi connectivity index (χ0v) is 16.4. The van der Waals surface area contributed by atoms with Crippen LogP contribution in [0.4, 0.5) is 0 Å². The van der Waals surface area contributed by atoms with Crippen LogP contribution in [0.1, 0.15) is 42.7 Å². The first-order valence-corrected chi connectivity index (χ1v) is 9.82. The van der Waals surface area contributed by atoms with Crippen LogP contribution in [0.3, 0.4) is 0 Å². The summed E-state index contributed by atoms with van der Waals surface area (Å²) in [6, 6.07) is 14.7. The monoisotopic (exact) mass is 387 g/mol. The minimum absolute atomic E-state index is 0.0180. The van der Waals surface area contributed by atoms with Gasteiger partial charge in [-0.15, -0.1) is 0 Å². The number of carbonyl (C=O) groups excluding carboxylic acids is 2. The van der Waals surface area contributed by atoms with Crippen molar-refractivity contribution in [2.24, 2.45) is 5.41 Å². The number of benzene rings is 2. The molecule has 5 nitrogen and oxygen atoms in total. The van der Waals surface area contributed by atoms with Crippen LogP contribution in [0, 0.1) is 5.41 Å². The van der Waals surface area contributed by atoms with Crippen molar-refractivity contribution >= 4 is 22.3 Å². The van der Waals surface area contributed by atoms with E-state index in [0.717, 1.165) is 11.1 Å². The third kappa shape index (κ3) is 2.16. The second-order valence-electron chi connectivity index (χ2n) is 8.39. The van der Waals surface area contributed by atoms with Crippen LogP contribution in [0.25, 0.3) is 21.9 Å².